The van der Waals surface area contributed by atoms with Gasteiger partial charge >= 0.3 is 0 Å². The summed E-state index contributed by atoms with van der Waals surface area (Å²) in [5.41, 5.74) is 20.0. The SMILES string of the molecule is CC1(C)c2ccccc2-c2cc3c4ccccc4n(N/C=C(\CN)c4nc(-c5ccccc5)nc(-c5ccccc5)n4)c3cc21. The van der Waals surface area contributed by atoms with Crippen LogP contribution < -0.4 is 11.2 Å². The van der Waals surface area contributed by atoms with Gasteiger partial charge in [0.15, 0.2) is 17.5 Å². The lowest BCUT2D eigenvalue weighted by Crippen LogP contribution is -2.16. The third kappa shape index (κ3) is 4.41. The third-order valence-corrected chi connectivity index (χ3v) is 8.95. The maximum atomic E-state index is 6.39. The summed E-state index contributed by atoms with van der Waals surface area (Å²) in [6.07, 6.45) is 1.93. The molecule has 0 unspecified atom stereocenters. The van der Waals surface area contributed by atoms with Crippen LogP contribution >= 0.6 is 0 Å². The average molecular weight is 585 g/mol. The Bertz CT molecular complexity index is 2190. The zero-order valence-electron chi connectivity index (χ0n) is 25.2. The third-order valence-electron chi connectivity index (χ3n) is 8.95. The molecule has 0 radical (unpaired) electrons. The number of benzene rings is 5. The molecule has 8 rings (SSSR count). The number of hydrogen-bond acceptors (Lipinski definition) is 5. The molecular weight excluding hydrogens is 552 g/mol. The van der Waals surface area contributed by atoms with Crippen molar-refractivity contribution in [3.63, 3.8) is 0 Å². The smallest absolute Gasteiger partial charge is 0.164 e. The first kappa shape index (κ1) is 27.0. The Morgan fingerprint density at radius 1 is 0.667 bits per heavy atom. The molecule has 1 aliphatic carbocycles. The molecule has 3 N–H and O–H groups in total. The highest BCUT2D eigenvalue weighted by Crippen LogP contribution is 2.50. The van der Waals surface area contributed by atoms with E-state index < -0.39 is 0 Å². The first-order chi connectivity index (χ1) is 22.0. The summed E-state index contributed by atoms with van der Waals surface area (Å²) < 4.78 is 2.15. The van der Waals surface area contributed by atoms with E-state index >= 15 is 0 Å². The van der Waals surface area contributed by atoms with Crippen molar-refractivity contribution in [3.05, 3.63) is 144 Å². The van der Waals surface area contributed by atoms with Gasteiger partial charge < -0.3 is 11.2 Å². The molecule has 0 saturated heterocycles. The molecule has 2 aromatic heterocycles. The summed E-state index contributed by atoms with van der Waals surface area (Å²) in [6, 6.07) is 41.9. The lowest BCUT2D eigenvalue weighted by atomic mass is 9.82. The van der Waals surface area contributed by atoms with Gasteiger partial charge in [0, 0.05) is 45.6 Å². The van der Waals surface area contributed by atoms with E-state index in [9.17, 15) is 0 Å². The van der Waals surface area contributed by atoms with E-state index in [0.717, 1.165) is 27.7 Å². The normalized spacial score (nSPS) is 13.6. The van der Waals surface area contributed by atoms with Crippen molar-refractivity contribution in [2.75, 3.05) is 12.0 Å². The second kappa shape index (κ2) is 10.5. The minimum Gasteiger partial charge on any atom is -0.326 e. The van der Waals surface area contributed by atoms with E-state index in [0.29, 0.717) is 17.5 Å². The van der Waals surface area contributed by atoms with E-state index in [1.165, 1.54) is 33.0 Å². The lowest BCUT2D eigenvalue weighted by molar-refractivity contribution is 0.661. The number of hydrogen-bond donors (Lipinski definition) is 2. The number of para-hydroxylation sites is 1. The number of nitrogens with one attached hydrogen (secondary N) is 1. The molecular formula is C39H32N6. The van der Waals surface area contributed by atoms with Gasteiger partial charge in [-0.05, 0) is 40.5 Å². The fraction of sp³-hybridized carbons (Fsp3) is 0.103. The number of nitrogens with zero attached hydrogens (tertiary/aromatic N) is 4. The highest BCUT2D eigenvalue weighted by molar-refractivity contribution is 6.10. The molecule has 0 bridgehead atoms. The predicted octanol–water partition coefficient (Wildman–Crippen LogP) is 8.16. The molecule has 0 spiro atoms. The second-order valence-corrected chi connectivity index (χ2v) is 12.0. The zero-order chi connectivity index (χ0) is 30.5. The van der Waals surface area contributed by atoms with Crippen LogP contribution in [0, 0.1) is 0 Å². The Morgan fingerprint density at radius 3 is 1.98 bits per heavy atom. The standard InChI is InChI=1S/C39H32N6/c1-39(2)32-19-11-9-17-28(32)30-21-31-29-18-10-12-20-34(29)45(35(31)22-33(30)39)41-24-27(23-40)38-43-36(25-13-5-3-6-14-25)42-37(44-38)26-15-7-4-8-16-26/h3-22,24,41H,23,40H2,1-2H3/b27-24+. The molecule has 218 valence electrons. The molecule has 0 aliphatic heterocycles. The van der Waals surface area contributed by atoms with Crippen LogP contribution in [0.4, 0.5) is 0 Å². The van der Waals surface area contributed by atoms with Crippen molar-refractivity contribution in [3.8, 4) is 33.9 Å². The van der Waals surface area contributed by atoms with Crippen LogP contribution in [0.15, 0.2) is 128 Å². The van der Waals surface area contributed by atoms with Gasteiger partial charge in [-0.3, -0.25) is 4.68 Å². The quantitative estimate of drug-likeness (QED) is 0.206. The van der Waals surface area contributed by atoms with E-state index in [1.54, 1.807) is 0 Å². The maximum Gasteiger partial charge on any atom is 0.164 e. The monoisotopic (exact) mass is 584 g/mol. The Hall–Kier alpha value is -5.59. The van der Waals surface area contributed by atoms with Crippen LogP contribution in [0.3, 0.4) is 0 Å². The molecule has 6 nitrogen and oxygen atoms in total. The minimum absolute atomic E-state index is 0.105. The van der Waals surface area contributed by atoms with Crippen LogP contribution in [-0.2, 0) is 5.41 Å². The summed E-state index contributed by atoms with van der Waals surface area (Å²) in [7, 11) is 0. The van der Waals surface area contributed by atoms with Crippen molar-refractivity contribution >= 4 is 27.4 Å². The van der Waals surface area contributed by atoms with E-state index in [4.69, 9.17) is 20.7 Å². The Balaban J connectivity index is 1.27. The van der Waals surface area contributed by atoms with E-state index in [1.807, 2.05) is 66.9 Å². The summed E-state index contributed by atoms with van der Waals surface area (Å²) in [5.74, 6) is 1.75. The molecule has 0 amide bonds. The van der Waals surface area contributed by atoms with Crippen molar-refractivity contribution in [1.82, 2.24) is 19.6 Å². The predicted molar refractivity (Wildman–Crippen MR) is 184 cm³/mol. The number of fused-ring (bicyclic) bond motifs is 6. The Morgan fingerprint density at radius 2 is 1.29 bits per heavy atom. The maximum absolute atomic E-state index is 6.39. The highest BCUT2D eigenvalue weighted by atomic mass is 15.4. The molecule has 45 heavy (non-hydrogen) atoms. The molecule has 1 aliphatic rings. The molecule has 0 fully saturated rings. The molecule has 0 saturated carbocycles. The van der Waals surface area contributed by atoms with Gasteiger partial charge in [0.2, 0.25) is 0 Å². The molecule has 5 aromatic carbocycles. The summed E-state index contributed by atoms with van der Waals surface area (Å²) in [4.78, 5) is 14.6. The van der Waals surface area contributed by atoms with Gasteiger partial charge in [0.05, 0.1) is 11.0 Å². The van der Waals surface area contributed by atoms with Gasteiger partial charge in [-0.25, -0.2) is 15.0 Å². The van der Waals surface area contributed by atoms with Crippen LogP contribution in [0.1, 0.15) is 30.8 Å². The van der Waals surface area contributed by atoms with Gasteiger partial charge in [0.25, 0.3) is 0 Å². The fourth-order valence-corrected chi connectivity index (χ4v) is 6.61. The second-order valence-electron chi connectivity index (χ2n) is 12.0. The highest BCUT2D eigenvalue weighted by Gasteiger charge is 2.36. The van der Waals surface area contributed by atoms with E-state index in [-0.39, 0.29) is 12.0 Å². The van der Waals surface area contributed by atoms with E-state index in [2.05, 4.69) is 84.6 Å². The topological polar surface area (TPSA) is 81.7 Å². The average Bonchev–Trinajstić information content (AvgIpc) is 3.52. The van der Waals surface area contributed by atoms with Crippen molar-refractivity contribution in [2.45, 2.75) is 19.3 Å². The Labute approximate surface area is 261 Å². The lowest BCUT2D eigenvalue weighted by Gasteiger charge is -2.21. The van der Waals surface area contributed by atoms with Gasteiger partial charge in [-0.15, -0.1) is 0 Å². The minimum atomic E-state index is -0.105. The number of rotatable bonds is 6. The summed E-state index contributed by atoms with van der Waals surface area (Å²) in [6.45, 7) is 4.87. The van der Waals surface area contributed by atoms with Crippen LogP contribution in [0.2, 0.25) is 0 Å². The summed E-state index contributed by atoms with van der Waals surface area (Å²) in [5, 5.41) is 2.38. The first-order valence-corrected chi connectivity index (χ1v) is 15.2. The van der Waals surface area contributed by atoms with Crippen molar-refractivity contribution in [1.29, 1.82) is 0 Å². The molecule has 2 heterocycles. The van der Waals surface area contributed by atoms with Crippen molar-refractivity contribution in [2.24, 2.45) is 5.73 Å². The summed E-state index contributed by atoms with van der Waals surface area (Å²) >= 11 is 0. The van der Waals surface area contributed by atoms with Gasteiger partial charge in [-0.1, -0.05) is 117 Å². The first-order valence-electron chi connectivity index (χ1n) is 15.2. The largest absolute Gasteiger partial charge is 0.326 e. The van der Waals surface area contributed by atoms with Crippen LogP contribution in [-0.4, -0.2) is 26.2 Å². The van der Waals surface area contributed by atoms with Gasteiger partial charge in [0.1, 0.15) is 0 Å². The molecule has 7 aromatic rings. The van der Waals surface area contributed by atoms with Gasteiger partial charge in [-0.2, -0.15) is 0 Å². The number of nitrogens with two attached hydrogens (primary N) is 1. The molecule has 0 atom stereocenters. The van der Waals surface area contributed by atoms with Crippen LogP contribution in [0.5, 0.6) is 0 Å². The van der Waals surface area contributed by atoms with Crippen LogP contribution in [0.25, 0.3) is 61.3 Å². The van der Waals surface area contributed by atoms with Crippen molar-refractivity contribution < 1.29 is 0 Å². The Kier molecular flexibility index (Phi) is 6.32. The number of aromatic nitrogens is 4. The molecule has 6 heteroatoms. The fourth-order valence-electron chi connectivity index (χ4n) is 6.61. The zero-order valence-corrected chi connectivity index (χ0v) is 25.2.